The third kappa shape index (κ3) is 6.07. The Morgan fingerprint density at radius 2 is 2.14 bits per heavy atom. The van der Waals surface area contributed by atoms with Crippen molar-refractivity contribution in [2.45, 2.75) is 44.9 Å². The minimum atomic E-state index is 0.385. The summed E-state index contributed by atoms with van der Waals surface area (Å²) < 4.78 is 7.27. The average Bonchev–Trinajstić information content (AvgIpc) is 2.86. The third-order valence-electron chi connectivity index (χ3n) is 3.85. The molecule has 0 radical (unpaired) electrons. The number of hydrogen-bond donors (Lipinski definition) is 1. The highest BCUT2D eigenvalue weighted by Crippen LogP contribution is 2.20. The van der Waals surface area contributed by atoms with Gasteiger partial charge < -0.3 is 10.1 Å². The molecule has 0 amide bonds. The number of nitrogens with one attached hydrogen (secondary N) is 1. The van der Waals surface area contributed by atoms with Crippen LogP contribution in [-0.2, 0) is 11.3 Å². The highest BCUT2D eigenvalue weighted by Gasteiger charge is 2.25. The summed E-state index contributed by atoms with van der Waals surface area (Å²) >= 11 is 3.53. The first-order valence-corrected chi connectivity index (χ1v) is 8.76. The molecule has 0 bridgehead atoms. The summed E-state index contributed by atoms with van der Waals surface area (Å²) in [7, 11) is 2.17. The summed E-state index contributed by atoms with van der Waals surface area (Å²) in [5, 5.41) is 3.45. The van der Waals surface area contributed by atoms with E-state index in [-0.39, 0.29) is 0 Å². The van der Waals surface area contributed by atoms with Crippen LogP contribution in [0.1, 0.15) is 31.7 Å². The van der Waals surface area contributed by atoms with E-state index >= 15 is 0 Å². The first kappa shape index (κ1) is 16.9. The summed E-state index contributed by atoms with van der Waals surface area (Å²) in [6.07, 6.45) is 4.34. The molecule has 1 heterocycles. The molecule has 1 aliphatic rings. The Hall–Kier alpha value is -0.420. The standard InChI is InChI=1S/C17H27BrN2O/c1-3-9-19-11-16-7-8-17(21-16)13-20(2)12-14-5-4-6-15(18)10-14/h4-6,10,16-17,19H,3,7-9,11-13H2,1-2H3. The summed E-state index contributed by atoms with van der Waals surface area (Å²) in [5.74, 6) is 0. The van der Waals surface area contributed by atoms with Gasteiger partial charge in [-0.2, -0.15) is 0 Å². The van der Waals surface area contributed by atoms with Gasteiger partial charge in [0.05, 0.1) is 12.2 Å². The van der Waals surface area contributed by atoms with Crippen molar-refractivity contribution in [2.24, 2.45) is 0 Å². The Bertz CT molecular complexity index is 427. The zero-order valence-corrected chi connectivity index (χ0v) is 14.7. The molecule has 2 rings (SSSR count). The summed E-state index contributed by atoms with van der Waals surface area (Å²) in [6.45, 7) is 6.27. The van der Waals surface area contributed by atoms with E-state index < -0.39 is 0 Å². The molecule has 3 nitrogen and oxygen atoms in total. The van der Waals surface area contributed by atoms with Crippen molar-refractivity contribution >= 4 is 15.9 Å². The summed E-state index contributed by atoms with van der Waals surface area (Å²) in [4.78, 5) is 2.36. The number of rotatable bonds is 8. The largest absolute Gasteiger partial charge is 0.372 e. The van der Waals surface area contributed by atoms with Crippen LogP contribution in [0.5, 0.6) is 0 Å². The van der Waals surface area contributed by atoms with Crippen LogP contribution < -0.4 is 5.32 Å². The molecule has 1 aromatic carbocycles. The van der Waals surface area contributed by atoms with Gasteiger partial charge in [-0.15, -0.1) is 0 Å². The summed E-state index contributed by atoms with van der Waals surface area (Å²) in [6, 6.07) is 8.52. The van der Waals surface area contributed by atoms with Crippen LogP contribution in [0.4, 0.5) is 0 Å². The highest BCUT2D eigenvalue weighted by atomic mass is 79.9. The lowest BCUT2D eigenvalue weighted by Gasteiger charge is -2.21. The van der Waals surface area contributed by atoms with Gasteiger partial charge >= 0.3 is 0 Å². The maximum atomic E-state index is 6.13. The van der Waals surface area contributed by atoms with Gasteiger partial charge in [0.25, 0.3) is 0 Å². The lowest BCUT2D eigenvalue weighted by atomic mass is 10.1. The monoisotopic (exact) mass is 354 g/mol. The van der Waals surface area contributed by atoms with Crippen LogP contribution in [0, 0.1) is 0 Å². The van der Waals surface area contributed by atoms with Gasteiger partial charge in [0, 0.05) is 24.1 Å². The van der Waals surface area contributed by atoms with E-state index in [0.717, 1.165) is 30.7 Å². The van der Waals surface area contributed by atoms with Crippen molar-refractivity contribution in [2.75, 3.05) is 26.7 Å². The van der Waals surface area contributed by atoms with E-state index in [4.69, 9.17) is 4.74 Å². The van der Waals surface area contributed by atoms with Crippen LogP contribution in [0.2, 0.25) is 0 Å². The number of ether oxygens (including phenoxy) is 1. The fourth-order valence-electron chi connectivity index (χ4n) is 2.86. The quantitative estimate of drug-likeness (QED) is 0.723. The zero-order valence-electron chi connectivity index (χ0n) is 13.1. The molecule has 1 N–H and O–H groups in total. The molecule has 118 valence electrons. The lowest BCUT2D eigenvalue weighted by Crippen LogP contribution is -2.31. The van der Waals surface area contributed by atoms with Crippen molar-refractivity contribution in [3.05, 3.63) is 34.3 Å². The van der Waals surface area contributed by atoms with Crippen LogP contribution in [0.15, 0.2) is 28.7 Å². The van der Waals surface area contributed by atoms with Crippen LogP contribution >= 0.6 is 15.9 Å². The second-order valence-electron chi connectivity index (χ2n) is 5.99. The highest BCUT2D eigenvalue weighted by molar-refractivity contribution is 9.10. The number of hydrogen-bond acceptors (Lipinski definition) is 3. The maximum absolute atomic E-state index is 6.13. The first-order valence-electron chi connectivity index (χ1n) is 7.96. The van der Waals surface area contributed by atoms with Crippen molar-refractivity contribution in [1.29, 1.82) is 0 Å². The van der Waals surface area contributed by atoms with E-state index in [2.05, 4.69) is 64.4 Å². The number of halogens is 1. The molecule has 2 unspecified atom stereocenters. The molecule has 4 heteroatoms. The SMILES string of the molecule is CCCNCC1CCC(CN(C)Cc2cccc(Br)c2)O1. The van der Waals surface area contributed by atoms with E-state index in [1.54, 1.807) is 0 Å². The topological polar surface area (TPSA) is 24.5 Å². The Morgan fingerprint density at radius 1 is 1.33 bits per heavy atom. The van der Waals surface area contributed by atoms with E-state index in [1.807, 2.05) is 0 Å². The lowest BCUT2D eigenvalue weighted by molar-refractivity contribution is 0.0268. The molecule has 1 saturated heterocycles. The van der Waals surface area contributed by atoms with E-state index in [0.29, 0.717) is 12.2 Å². The van der Waals surface area contributed by atoms with Crippen LogP contribution in [-0.4, -0.2) is 43.8 Å². The Kier molecular flexibility index (Phi) is 7.17. The second-order valence-corrected chi connectivity index (χ2v) is 6.90. The fourth-order valence-corrected chi connectivity index (χ4v) is 3.31. The van der Waals surface area contributed by atoms with Crippen molar-refractivity contribution in [3.8, 4) is 0 Å². The molecule has 1 aromatic rings. The van der Waals surface area contributed by atoms with Gasteiger partial charge in [-0.25, -0.2) is 0 Å². The second kappa shape index (κ2) is 8.89. The van der Waals surface area contributed by atoms with Crippen molar-refractivity contribution in [1.82, 2.24) is 10.2 Å². The minimum Gasteiger partial charge on any atom is -0.372 e. The van der Waals surface area contributed by atoms with Gasteiger partial charge in [-0.1, -0.05) is 35.0 Å². The predicted octanol–water partition coefficient (Wildman–Crippen LogP) is 3.43. The molecule has 1 aliphatic heterocycles. The molecule has 0 saturated carbocycles. The van der Waals surface area contributed by atoms with Gasteiger partial charge in [0.1, 0.15) is 0 Å². The number of nitrogens with zero attached hydrogens (tertiary/aromatic N) is 1. The minimum absolute atomic E-state index is 0.385. The average molecular weight is 355 g/mol. The maximum Gasteiger partial charge on any atom is 0.0707 e. The molecule has 0 aromatic heterocycles. The molecular weight excluding hydrogens is 328 g/mol. The van der Waals surface area contributed by atoms with Crippen molar-refractivity contribution in [3.63, 3.8) is 0 Å². The molecular formula is C17H27BrN2O. The van der Waals surface area contributed by atoms with E-state index in [9.17, 15) is 0 Å². The fraction of sp³-hybridized carbons (Fsp3) is 0.647. The Labute approximate surface area is 137 Å². The van der Waals surface area contributed by atoms with Gasteiger partial charge in [-0.3, -0.25) is 4.90 Å². The number of likely N-dealkylation sites (N-methyl/N-ethyl adjacent to an activating group) is 1. The van der Waals surface area contributed by atoms with Gasteiger partial charge in [0.2, 0.25) is 0 Å². The molecule has 0 aliphatic carbocycles. The van der Waals surface area contributed by atoms with Gasteiger partial charge in [0.15, 0.2) is 0 Å². The zero-order chi connectivity index (χ0) is 15.1. The Balaban J connectivity index is 1.70. The van der Waals surface area contributed by atoms with Gasteiger partial charge in [-0.05, 0) is 50.6 Å². The smallest absolute Gasteiger partial charge is 0.0707 e. The molecule has 2 atom stereocenters. The Morgan fingerprint density at radius 3 is 2.90 bits per heavy atom. The van der Waals surface area contributed by atoms with Crippen molar-refractivity contribution < 1.29 is 4.74 Å². The van der Waals surface area contributed by atoms with Crippen LogP contribution in [0.25, 0.3) is 0 Å². The molecule has 1 fully saturated rings. The van der Waals surface area contributed by atoms with Crippen LogP contribution in [0.3, 0.4) is 0 Å². The predicted molar refractivity (Wildman–Crippen MR) is 91.5 cm³/mol. The molecule has 21 heavy (non-hydrogen) atoms. The van der Waals surface area contributed by atoms with E-state index in [1.165, 1.54) is 24.8 Å². The molecule has 0 spiro atoms. The first-order chi connectivity index (χ1) is 10.2. The summed E-state index contributed by atoms with van der Waals surface area (Å²) in [5.41, 5.74) is 1.34. The third-order valence-corrected chi connectivity index (χ3v) is 4.34. The normalized spacial score (nSPS) is 22.1. The number of benzene rings is 1.